The molecule has 1 aromatic heterocycles. The van der Waals surface area contributed by atoms with Gasteiger partial charge in [0.25, 0.3) is 0 Å². The van der Waals surface area contributed by atoms with E-state index in [2.05, 4.69) is 31.2 Å². The first-order chi connectivity index (χ1) is 21.2. The number of carbonyl (C=O) groups is 1. The number of methoxy groups -OCH3 is 1. The Kier molecular flexibility index (Phi) is 9.77. The van der Waals surface area contributed by atoms with Crippen molar-refractivity contribution in [1.82, 2.24) is 20.2 Å². The maximum atomic E-state index is 13.8. The summed E-state index contributed by atoms with van der Waals surface area (Å²) >= 11 is 0. The number of anilines is 3. The topological polar surface area (TPSA) is 113 Å². The fraction of sp³-hybridized carbons (Fsp3) is 0.258. The average Bonchev–Trinajstić information content (AvgIpc) is 3.02. The molecule has 44 heavy (non-hydrogen) atoms. The Morgan fingerprint density at radius 3 is 2.30 bits per heavy atom. The van der Waals surface area contributed by atoms with E-state index in [0.29, 0.717) is 42.8 Å². The summed E-state index contributed by atoms with van der Waals surface area (Å²) in [6.45, 7) is 3.55. The van der Waals surface area contributed by atoms with E-state index < -0.39 is 17.8 Å². The molecule has 0 aliphatic carbocycles. The monoisotopic (exact) mass is 607 g/mol. The smallest absolute Gasteiger partial charge is 0.416 e. The van der Waals surface area contributed by atoms with Crippen LogP contribution < -0.4 is 30.7 Å². The number of hydrogen-bond acceptors (Lipinski definition) is 8. The number of urea groups is 1. The fourth-order valence-corrected chi connectivity index (χ4v) is 4.61. The van der Waals surface area contributed by atoms with Crippen LogP contribution in [0.25, 0.3) is 0 Å². The summed E-state index contributed by atoms with van der Waals surface area (Å²) in [6.07, 6.45) is -3.17. The van der Waals surface area contributed by atoms with Gasteiger partial charge in [-0.1, -0.05) is 18.2 Å². The first-order valence-corrected chi connectivity index (χ1v) is 13.9. The Hall–Kier alpha value is -4.88. The molecule has 10 nitrogen and oxygen atoms in total. The number of alkyl halides is 3. The van der Waals surface area contributed by atoms with Gasteiger partial charge in [0.15, 0.2) is 0 Å². The molecule has 0 bridgehead atoms. The molecule has 0 atom stereocenters. The number of ether oxygens (including phenoxy) is 2. The Labute approximate surface area is 252 Å². The van der Waals surface area contributed by atoms with Crippen LogP contribution in [0.1, 0.15) is 16.7 Å². The lowest BCUT2D eigenvalue weighted by Gasteiger charge is -2.28. The minimum atomic E-state index is -4.55. The van der Waals surface area contributed by atoms with Gasteiger partial charge in [-0.3, -0.25) is 4.90 Å². The van der Waals surface area contributed by atoms with E-state index in [-0.39, 0.29) is 17.8 Å². The molecule has 0 unspecified atom stereocenters. The first-order valence-electron chi connectivity index (χ1n) is 13.9. The van der Waals surface area contributed by atoms with Gasteiger partial charge in [-0.2, -0.15) is 13.2 Å². The second-order valence-electron chi connectivity index (χ2n) is 10.0. The van der Waals surface area contributed by atoms with Crippen LogP contribution in [0.2, 0.25) is 0 Å². The van der Waals surface area contributed by atoms with E-state index in [1.165, 1.54) is 18.5 Å². The Morgan fingerprint density at radius 1 is 0.909 bits per heavy atom. The number of piperazine rings is 1. The molecule has 0 saturated carbocycles. The van der Waals surface area contributed by atoms with Crippen molar-refractivity contribution in [2.45, 2.75) is 19.3 Å². The third-order valence-corrected chi connectivity index (χ3v) is 6.89. The van der Waals surface area contributed by atoms with Crippen molar-refractivity contribution in [3.63, 3.8) is 0 Å². The van der Waals surface area contributed by atoms with Crippen LogP contribution in [0.3, 0.4) is 0 Å². The molecule has 5 rings (SSSR count). The highest BCUT2D eigenvalue weighted by molar-refractivity contribution is 5.99. The van der Waals surface area contributed by atoms with Gasteiger partial charge in [0.05, 0.1) is 12.7 Å². The molecular formula is C31H32F3N7O3. The summed E-state index contributed by atoms with van der Waals surface area (Å²) in [4.78, 5) is 22.9. The number of nitrogens with one attached hydrogen (secondary N) is 4. The SMILES string of the molecule is COc1ccc(CNc2cc(Oc3ccc(NC(=O)Nc4ccc(CN5CCNCC5)c(C(F)(F)F)c4)cc3)ncn2)cc1. The number of benzene rings is 3. The van der Waals surface area contributed by atoms with Crippen LogP contribution in [0.15, 0.2) is 79.1 Å². The summed E-state index contributed by atoms with van der Waals surface area (Å²) in [5, 5.41) is 11.5. The first kappa shape index (κ1) is 30.6. The number of nitrogens with zero attached hydrogens (tertiary/aromatic N) is 3. The lowest BCUT2D eigenvalue weighted by Crippen LogP contribution is -2.43. The molecule has 1 saturated heterocycles. The average molecular weight is 608 g/mol. The number of halogens is 3. The molecular weight excluding hydrogens is 575 g/mol. The number of amides is 2. The third kappa shape index (κ3) is 8.58. The maximum absolute atomic E-state index is 13.8. The highest BCUT2D eigenvalue weighted by Gasteiger charge is 2.34. The van der Waals surface area contributed by atoms with Crippen molar-refractivity contribution in [1.29, 1.82) is 0 Å². The zero-order valence-electron chi connectivity index (χ0n) is 23.9. The van der Waals surface area contributed by atoms with Crippen molar-refractivity contribution in [3.8, 4) is 17.4 Å². The van der Waals surface area contributed by atoms with Crippen LogP contribution in [-0.4, -0.2) is 54.2 Å². The van der Waals surface area contributed by atoms with Gasteiger partial charge < -0.3 is 30.7 Å². The van der Waals surface area contributed by atoms with Crippen LogP contribution in [0, 0.1) is 0 Å². The molecule has 13 heteroatoms. The van der Waals surface area contributed by atoms with Crippen LogP contribution >= 0.6 is 0 Å². The zero-order chi connectivity index (χ0) is 30.9. The van der Waals surface area contributed by atoms with Crippen LogP contribution in [0.4, 0.5) is 35.2 Å². The molecule has 4 N–H and O–H groups in total. The molecule has 4 aromatic rings. The minimum Gasteiger partial charge on any atom is -0.497 e. The summed E-state index contributed by atoms with van der Waals surface area (Å²) in [5.41, 5.74) is 0.913. The molecule has 1 aliphatic rings. The van der Waals surface area contributed by atoms with E-state index in [1.807, 2.05) is 29.2 Å². The molecule has 1 aliphatic heterocycles. The molecule has 2 heterocycles. The van der Waals surface area contributed by atoms with Crippen LogP contribution in [-0.2, 0) is 19.3 Å². The predicted molar refractivity (Wildman–Crippen MR) is 161 cm³/mol. The highest BCUT2D eigenvalue weighted by Crippen LogP contribution is 2.34. The largest absolute Gasteiger partial charge is 0.497 e. The molecule has 0 spiro atoms. The van der Waals surface area contributed by atoms with Gasteiger partial charge in [0.1, 0.15) is 23.6 Å². The van der Waals surface area contributed by atoms with Gasteiger partial charge >= 0.3 is 12.2 Å². The normalized spacial score (nSPS) is 13.6. The van der Waals surface area contributed by atoms with Crippen molar-refractivity contribution in [3.05, 3.63) is 95.8 Å². The molecule has 3 aromatic carbocycles. The van der Waals surface area contributed by atoms with E-state index >= 15 is 0 Å². The standard InChI is InChI=1S/C31H32F3N7O3/c1-43-25-8-2-21(3-9-25)18-36-28-17-29(38-20-37-28)44-26-10-6-23(7-11-26)39-30(42)40-24-5-4-22(27(16-24)31(32,33)34)19-41-14-12-35-13-15-41/h2-11,16-17,20,35H,12-15,18-19H2,1H3,(H,36,37,38)(H2,39,40,42). The highest BCUT2D eigenvalue weighted by atomic mass is 19.4. The van der Waals surface area contributed by atoms with Gasteiger partial charge in [-0.25, -0.2) is 14.8 Å². The van der Waals surface area contributed by atoms with E-state index in [4.69, 9.17) is 9.47 Å². The lowest BCUT2D eigenvalue weighted by atomic mass is 10.0. The fourth-order valence-electron chi connectivity index (χ4n) is 4.61. The quantitative estimate of drug-likeness (QED) is 0.175. The summed E-state index contributed by atoms with van der Waals surface area (Å²) in [6, 6.07) is 19.0. The second-order valence-corrected chi connectivity index (χ2v) is 10.0. The lowest BCUT2D eigenvalue weighted by molar-refractivity contribution is -0.138. The van der Waals surface area contributed by atoms with Crippen molar-refractivity contribution >= 4 is 23.2 Å². The van der Waals surface area contributed by atoms with E-state index in [0.717, 1.165) is 30.5 Å². The molecule has 2 amide bonds. The predicted octanol–water partition coefficient (Wildman–Crippen LogP) is 5.96. The second kappa shape index (κ2) is 14.1. The van der Waals surface area contributed by atoms with Gasteiger partial charge in [0.2, 0.25) is 5.88 Å². The Morgan fingerprint density at radius 2 is 1.59 bits per heavy atom. The Bertz CT molecular complexity index is 1540. The minimum absolute atomic E-state index is 0.0407. The molecule has 1 fully saturated rings. The van der Waals surface area contributed by atoms with Crippen LogP contribution in [0.5, 0.6) is 17.4 Å². The number of carbonyl (C=O) groups excluding carboxylic acids is 1. The van der Waals surface area contributed by atoms with Crippen molar-refractivity contribution < 1.29 is 27.4 Å². The van der Waals surface area contributed by atoms with Crippen molar-refractivity contribution in [2.75, 3.05) is 49.2 Å². The number of hydrogen-bond donors (Lipinski definition) is 4. The van der Waals surface area contributed by atoms with Crippen molar-refractivity contribution in [2.24, 2.45) is 0 Å². The van der Waals surface area contributed by atoms with Gasteiger partial charge in [-0.15, -0.1) is 0 Å². The number of rotatable bonds is 10. The zero-order valence-corrected chi connectivity index (χ0v) is 23.9. The van der Waals surface area contributed by atoms with Gasteiger partial charge in [-0.05, 0) is 59.7 Å². The summed E-state index contributed by atoms with van der Waals surface area (Å²) in [5.74, 6) is 2.13. The Balaban J connectivity index is 1.15. The third-order valence-electron chi connectivity index (χ3n) is 6.89. The maximum Gasteiger partial charge on any atom is 0.416 e. The molecule has 230 valence electrons. The van der Waals surface area contributed by atoms with E-state index in [1.54, 1.807) is 37.4 Å². The molecule has 0 radical (unpaired) electrons. The van der Waals surface area contributed by atoms with Gasteiger partial charge in [0, 0.05) is 56.7 Å². The summed E-state index contributed by atoms with van der Waals surface area (Å²) in [7, 11) is 1.62. The number of aromatic nitrogens is 2. The van der Waals surface area contributed by atoms with E-state index in [9.17, 15) is 18.0 Å². The summed E-state index contributed by atoms with van der Waals surface area (Å²) < 4.78 is 52.5.